The molecule has 21 heavy (non-hydrogen) atoms. The highest BCUT2D eigenvalue weighted by Gasteiger charge is 2.19. The van der Waals surface area contributed by atoms with Gasteiger partial charge in [-0.1, -0.05) is 54.1 Å². The van der Waals surface area contributed by atoms with Gasteiger partial charge in [0.05, 0.1) is 5.38 Å². The molecule has 0 radical (unpaired) electrons. The Hall–Kier alpha value is -1.57. The Morgan fingerprint density at radius 3 is 2.52 bits per heavy atom. The highest BCUT2D eigenvalue weighted by molar-refractivity contribution is 6.33. The van der Waals surface area contributed by atoms with Crippen LogP contribution in [0.1, 0.15) is 22.1 Å². The summed E-state index contributed by atoms with van der Waals surface area (Å²) in [4.78, 5) is 0. The van der Waals surface area contributed by atoms with Crippen LogP contribution in [0.2, 0.25) is 5.02 Å². The van der Waals surface area contributed by atoms with Gasteiger partial charge in [0.1, 0.15) is 5.82 Å². The summed E-state index contributed by atoms with van der Waals surface area (Å²) >= 11 is 12.8. The smallest absolute Gasteiger partial charge is 0.124 e. The lowest BCUT2D eigenvalue weighted by Crippen LogP contribution is -1.99. The van der Waals surface area contributed by atoms with Crippen molar-refractivity contribution >= 4 is 34.0 Å². The van der Waals surface area contributed by atoms with E-state index in [1.807, 2.05) is 37.3 Å². The maximum absolute atomic E-state index is 13.2. The predicted molar refractivity (Wildman–Crippen MR) is 87.8 cm³/mol. The molecule has 0 fully saturated rings. The number of fused-ring (bicyclic) bond motifs is 1. The fourth-order valence-electron chi connectivity index (χ4n) is 2.60. The molecule has 0 aromatic heterocycles. The first-order valence-corrected chi connectivity index (χ1v) is 7.46. The summed E-state index contributed by atoms with van der Waals surface area (Å²) in [6.45, 7) is 2.02. The summed E-state index contributed by atoms with van der Waals surface area (Å²) in [7, 11) is 0. The Kier molecular flexibility index (Phi) is 3.88. The average Bonchev–Trinajstić information content (AvgIpc) is 2.46. The number of benzene rings is 3. The van der Waals surface area contributed by atoms with Gasteiger partial charge in [-0.3, -0.25) is 0 Å². The number of aryl methyl sites for hydroxylation is 1. The fourth-order valence-corrected chi connectivity index (χ4v) is 3.42. The highest BCUT2D eigenvalue weighted by atomic mass is 35.5. The van der Waals surface area contributed by atoms with E-state index in [1.165, 1.54) is 12.1 Å². The second-order valence-electron chi connectivity index (χ2n) is 5.05. The van der Waals surface area contributed by atoms with E-state index in [0.29, 0.717) is 5.02 Å². The molecule has 1 atom stereocenters. The summed E-state index contributed by atoms with van der Waals surface area (Å²) in [6, 6.07) is 16.5. The van der Waals surface area contributed by atoms with Crippen LogP contribution in [-0.4, -0.2) is 0 Å². The molecule has 0 aliphatic heterocycles. The van der Waals surface area contributed by atoms with E-state index in [2.05, 4.69) is 6.07 Å². The molecule has 1 unspecified atom stereocenters. The Morgan fingerprint density at radius 1 is 1.00 bits per heavy atom. The predicted octanol–water partition coefficient (Wildman–Crippen LogP) is 6.27. The minimum atomic E-state index is -0.413. The van der Waals surface area contributed by atoms with Gasteiger partial charge in [-0.15, -0.1) is 11.6 Å². The van der Waals surface area contributed by atoms with Crippen molar-refractivity contribution in [3.05, 3.63) is 82.1 Å². The molecule has 0 aliphatic carbocycles. The van der Waals surface area contributed by atoms with Crippen LogP contribution in [0, 0.1) is 12.7 Å². The first-order valence-electron chi connectivity index (χ1n) is 6.65. The zero-order valence-electron chi connectivity index (χ0n) is 11.4. The molecule has 3 rings (SSSR count). The van der Waals surface area contributed by atoms with Gasteiger partial charge in [0.25, 0.3) is 0 Å². The van der Waals surface area contributed by atoms with E-state index < -0.39 is 5.38 Å². The Morgan fingerprint density at radius 2 is 1.76 bits per heavy atom. The number of hydrogen-bond acceptors (Lipinski definition) is 0. The van der Waals surface area contributed by atoms with Crippen molar-refractivity contribution in [2.24, 2.45) is 0 Å². The van der Waals surface area contributed by atoms with Crippen molar-refractivity contribution in [1.29, 1.82) is 0 Å². The Bertz CT molecular complexity index is 811. The van der Waals surface area contributed by atoms with Crippen LogP contribution in [0.25, 0.3) is 10.8 Å². The Labute approximate surface area is 133 Å². The molecular formula is C18H13Cl2F. The van der Waals surface area contributed by atoms with Crippen molar-refractivity contribution in [3.63, 3.8) is 0 Å². The van der Waals surface area contributed by atoms with Crippen molar-refractivity contribution in [1.82, 2.24) is 0 Å². The van der Waals surface area contributed by atoms with Crippen LogP contribution in [0.3, 0.4) is 0 Å². The van der Waals surface area contributed by atoms with Crippen LogP contribution in [0.5, 0.6) is 0 Å². The maximum Gasteiger partial charge on any atom is 0.124 e. The quantitative estimate of drug-likeness (QED) is 0.488. The van der Waals surface area contributed by atoms with Crippen LogP contribution in [0.15, 0.2) is 54.6 Å². The van der Waals surface area contributed by atoms with Crippen molar-refractivity contribution in [2.45, 2.75) is 12.3 Å². The average molecular weight is 319 g/mol. The van der Waals surface area contributed by atoms with Gasteiger partial charge >= 0.3 is 0 Å². The SMILES string of the molecule is Cc1ccc2ccccc2c1C(Cl)c1ccc(F)cc1Cl. The fraction of sp³-hybridized carbons (Fsp3) is 0.111. The summed E-state index contributed by atoms with van der Waals surface area (Å²) in [5, 5.41) is 2.16. The van der Waals surface area contributed by atoms with Crippen LogP contribution in [0.4, 0.5) is 4.39 Å². The van der Waals surface area contributed by atoms with Gasteiger partial charge in [0.15, 0.2) is 0 Å². The highest BCUT2D eigenvalue weighted by Crippen LogP contribution is 2.39. The molecule has 0 spiro atoms. The molecule has 0 bridgehead atoms. The minimum absolute atomic E-state index is 0.349. The van der Waals surface area contributed by atoms with Gasteiger partial charge in [-0.2, -0.15) is 0 Å². The molecule has 0 aliphatic rings. The lowest BCUT2D eigenvalue weighted by molar-refractivity contribution is 0.627. The Balaban J connectivity index is 2.21. The van der Waals surface area contributed by atoms with Crippen LogP contribution in [-0.2, 0) is 0 Å². The van der Waals surface area contributed by atoms with Gasteiger partial charge in [-0.05, 0) is 46.5 Å². The molecular weight excluding hydrogens is 306 g/mol. The number of hydrogen-bond donors (Lipinski definition) is 0. The van der Waals surface area contributed by atoms with Gasteiger partial charge < -0.3 is 0 Å². The van der Waals surface area contributed by atoms with Crippen LogP contribution >= 0.6 is 23.2 Å². The summed E-state index contributed by atoms with van der Waals surface area (Å²) in [6.07, 6.45) is 0. The second-order valence-corrected chi connectivity index (χ2v) is 5.89. The standard InChI is InChI=1S/C18H13Cl2F/c1-11-6-7-12-4-2-3-5-14(12)17(11)18(20)15-9-8-13(21)10-16(15)19/h2-10,18H,1H3. The third-order valence-electron chi connectivity index (χ3n) is 3.68. The maximum atomic E-state index is 13.2. The molecule has 106 valence electrons. The molecule has 0 nitrogen and oxygen atoms in total. The largest absolute Gasteiger partial charge is 0.207 e. The lowest BCUT2D eigenvalue weighted by Gasteiger charge is -2.17. The van der Waals surface area contributed by atoms with Crippen molar-refractivity contribution in [2.75, 3.05) is 0 Å². The monoisotopic (exact) mass is 318 g/mol. The van der Waals surface area contributed by atoms with Crippen molar-refractivity contribution in [3.8, 4) is 0 Å². The molecule has 0 amide bonds. The summed E-state index contributed by atoms with van der Waals surface area (Å²) in [5.41, 5.74) is 2.83. The third-order valence-corrected chi connectivity index (χ3v) is 4.46. The van der Waals surface area contributed by atoms with E-state index in [4.69, 9.17) is 23.2 Å². The van der Waals surface area contributed by atoms with E-state index in [1.54, 1.807) is 6.07 Å². The minimum Gasteiger partial charge on any atom is -0.207 e. The van der Waals surface area contributed by atoms with Gasteiger partial charge in [0, 0.05) is 5.02 Å². The van der Waals surface area contributed by atoms with Gasteiger partial charge in [-0.25, -0.2) is 4.39 Å². The van der Waals surface area contributed by atoms with Gasteiger partial charge in [0.2, 0.25) is 0 Å². The molecule has 3 aromatic rings. The summed E-state index contributed by atoms with van der Waals surface area (Å²) < 4.78 is 13.2. The summed E-state index contributed by atoms with van der Waals surface area (Å²) in [5.74, 6) is -0.359. The van der Waals surface area contributed by atoms with Crippen LogP contribution < -0.4 is 0 Å². The molecule has 3 heteroatoms. The van der Waals surface area contributed by atoms with E-state index in [-0.39, 0.29) is 5.82 Å². The first-order chi connectivity index (χ1) is 10.1. The number of halogens is 3. The number of alkyl halides is 1. The normalized spacial score (nSPS) is 12.6. The zero-order chi connectivity index (χ0) is 15.0. The molecule has 0 saturated heterocycles. The van der Waals surface area contributed by atoms with E-state index >= 15 is 0 Å². The lowest BCUT2D eigenvalue weighted by atomic mass is 9.94. The second kappa shape index (κ2) is 5.67. The molecule has 3 aromatic carbocycles. The van der Waals surface area contributed by atoms with E-state index in [0.717, 1.165) is 27.5 Å². The zero-order valence-corrected chi connectivity index (χ0v) is 12.9. The molecule has 0 saturated carbocycles. The molecule has 0 N–H and O–H groups in total. The van der Waals surface area contributed by atoms with E-state index in [9.17, 15) is 4.39 Å². The third kappa shape index (κ3) is 2.64. The number of rotatable bonds is 2. The molecule has 0 heterocycles. The first kappa shape index (κ1) is 14.4. The topological polar surface area (TPSA) is 0 Å². The van der Waals surface area contributed by atoms with Crippen molar-refractivity contribution < 1.29 is 4.39 Å².